The molecule has 0 radical (unpaired) electrons. The van der Waals surface area contributed by atoms with Crippen molar-refractivity contribution >= 4 is 45.0 Å². The zero-order valence-corrected chi connectivity index (χ0v) is 22.0. The highest BCUT2D eigenvalue weighted by molar-refractivity contribution is 9.10. The number of hydrogen-bond donors (Lipinski definition) is 0. The summed E-state index contributed by atoms with van der Waals surface area (Å²) in [5.41, 5.74) is 3.94. The van der Waals surface area contributed by atoms with Crippen molar-refractivity contribution in [1.82, 2.24) is 14.7 Å². The third-order valence-electron chi connectivity index (χ3n) is 6.48. The molecule has 0 fully saturated rings. The van der Waals surface area contributed by atoms with E-state index in [4.69, 9.17) is 11.6 Å². The molecule has 6 nitrogen and oxygen atoms in total. The van der Waals surface area contributed by atoms with Crippen LogP contribution in [0.3, 0.4) is 0 Å². The number of anilines is 1. The molecule has 0 N–H and O–H groups in total. The van der Waals surface area contributed by atoms with Gasteiger partial charge >= 0.3 is 0 Å². The van der Waals surface area contributed by atoms with E-state index in [1.54, 1.807) is 29.1 Å². The van der Waals surface area contributed by atoms with Crippen LogP contribution in [0.4, 0.5) is 5.69 Å². The van der Waals surface area contributed by atoms with Crippen molar-refractivity contribution in [3.8, 4) is 0 Å². The zero-order chi connectivity index (χ0) is 25.2. The van der Waals surface area contributed by atoms with Gasteiger partial charge in [-0.15, -0.1) is 0 Å². The Morgan fingerprint density at radius 2 is 1.58 bits per heavy atom. The summed E-state index contributed by atoms with van der Waals surface area (Å²) < 4.78 is 2.63. The molecule has 182 valence electrons. The van der Waals surface area contributed by atoms with Gasteiger partial charge < -0.3 is 9.80 Å². The highest BCUT2D eigenvalue weighted by atomic mass is 79.9. The number of fused-ring (bicyclic) bond motifs is 1. The minimum atomic E-state index is -0.678. The van der Waals surface area contributed by atoms with E-state index in [1.165, 1.54) is 0 Å². The number of halogens is 2. The molecular formula is C28H24BrClN4O2. The minimum absolute atomic E-state index is 0.128. The van der Waals surface area contributed by atoms with Crippen LogP contribution in [-0.2, 0) is 24.3 Å². The van der Waals surface area contributed by atoms with Gasteiger partial charge in [-0.2, -0.15) is 5.10 Å². The van der Waals surface area contributed by atoms with E-state index in [2.05, 4.69) is 21.0 Å². The fourth-order valence-electron chi connectivity index (χ4n) is 4.54. The number of amides is 2. The van der Waals surface area contributed by atoms with Crippen LogP contribution in [0.25, 0.3) is 0 Å². The van der Waals surface area contributed by atoms with Crippen molar-refractivity contribution in [1.29, 1.82) is 0 Å². The Morgan fingerprint density at radius 1 is 0.889 bits per heavy atom. The Bertz CT molecular complexity index is 1400. The first-order valence-corrected chi connectivity index (χ1v) is 12.8. The first kappa shape index (κ1) is 24.3. The molecule has 36 heavy (non-hydrogen) atoms. The van der Waals surface area contributed by atoms with Crippen molar-refractivity contribution in [3.63, 3.8) is 0 Å². The van der Waals surface area contributed by atoms with E-state index in [9.17, 15) is 9.59 Å². The van der Waals surface area contributed by atoms with Crippen LogP contribution >= 0.6 is 27.5 Å². The normalized spacial score (nSPS) is 15.7. The molecule has 1 aromatic heterocycles. The van der Waals surface area contributed by atoms with E-state index in [1.807, 2.05) is 77.5 Å². The second kappa shape index (κ2) is 10.3. The number of carbonyl (C=O) groups excluding carboxylic acids is 2. The molecule has 4 aromatic rings. The summed E-state index contributed by atoms with van der Waals surface area (Å²) in [5.74, 6) is -0.313. The lowest BCUT2D eigenvalue weighted by Gasteiger charge is -2.30. The number of hydrogen-bond acceptors (Lipinski definition) is 3. The molecule has 0 aliphatic carbocycles. The van der Waals surface area contributed by atoms with Crippen molar-refractivity contribution in [2.45, 2.75) is 25.6 Å². The molecule has 0 spiro atoms. The molecular weight excluding hydrogens is 540 g/mol. The lowest BCUT2D eigenvalue weighted by Crippen LogP contribution is -2.48. The maximum atomic E-state index is 14.0. The summed E-state index contributed by atoms with van der Waals surface area (Å²) in [4.78, 5) is 31.0. The molecule has 0 bridgehead atoms. The lowest BCUT2D eigenvalue weighted by atomic mass is 10.0. The van der Waals surface area contributed by atoms with Gasteiger partial charge in [0.2, 0.25) is 5.91 Å². The summed E-state index contributed by atoms with van der Waals surface area (Å²) in [6.45, 7) is 0.729. The first-order valence-electron chi connectivity index (χ1n) is 11.6. The molecule has 8 heteroatoms. The fourth-order valence-corrected chi connectivity index (χ4v) is 5.09. The summed E-state index contributed by atoms with van der Waals surface area (Å²) in [5, 5.41) is 5.21. The highest BCUT2D eigenvalue weighted by Crippen LogP contribution is 2.31. The van der Waals surface area contributed by atoms with Crippen molar-refractivity contribution in [3.05, 3.63) is 117 Å². The number of para-hydroxylation sites is 1. The Hall–Kier alpha value is -3.42. The number of benzene rings is 3. The van der Waals surface area contributed by atoms with Crippen molar-refractivity contribution < 1.29 is 9.59 Å². The first-order chi connectivity index (χ1) is 17.4. The Labute approximate surface area is 223 Å². The summed E-state index contributed by atoms with van der Waals surface area (Å²) >= 11 is 9.67. The van der Waals surface area contributed by atoms with Crippen LogP contribution in [0.15, 0.2) is 89.5 Å². The topological polar surface area (TPSA) is 58.4 Å². The van der Waals surface area contributed by atoms with Gasteiger partial charge in [0.15, 0.2) is 0 Å². The minimum Gasteiger partial charge on any atom is -0.320 e. The molecule has 1 unspecified atom stereocenters. The number of aromatic nitrogens is 2. The highest BCUT2D eigenvalue weighted by Gasteiger charge is 2.38. The van der Waals surface area contributed by atoms with Gasteiger partial charge in [-0.05, 0) is 51.3 Å². The predicted molar refractivity (Wildman–Crippen MR) is 144 cm³/mol. The van der Waals surface area contributed by atoms with Gasteiger partial charge in [0.1, 0.15) is 6.04 Å². The summed E-state index contributed by atoms with van der Waals surface area (Å²) in [7, 11) is 1.73. The molecule has 3 aromatic carbocycles. The predicted octanol–water partition coefficient (Wildman–Crippen LogP) is 5.58. The van der Waals surface area contributed by atoms with Gasteiger partial charge in [0.25, 0.3) is 5.91 Å². The van der Waals surface area contributed by atoms with Gasteiger partial charge in [-0.1, -0.05) is 66.2 Å². The SMILES string of the molecule is CN1C(=O)C(Cc2ccccc2)N(Cc2c(Br)cnn2Cc2ccc(Cl)cc2)C(=O)c2ccccc21. The van der Waals surface area contributed by atoms with Crippen molar-refractivity contribution in [2.75, 3.05) is 11.9 Å². The summed E-state index contributed by atoms with van der Waals surface area (Å²) in [6.07, 6.45) is 2.13. The molecule has 2 amide bonds. The van der Waals surface area contributed by atoms with Crippen molar-refractivity contribution in [2.24, 2.45) is 0 Å². The van der Waals surface area contributed by atoms with Gasteiger partial charge in [0, 0.05) is 18.5 Å². The Morgan fingerprint density at radius 3 is 2.33 bits per heavy atom. The molecule has 5 rings (SSSR count). The smallest absolute Gasteiger partial charge is 0.257 e. The monoisotopic (exact) mass is 562 g/mol. The second-order valence-corrected chi connectivity index (χ2v) is 10.1. The van der Waals surface area contributed by atoms with Gasteiger partial charge in [-0.3, -0.25) is 14.3 Å². The quantitative estimate of drug-likeness (QED) is 0.308. The molecule has 0 saturated heterocycles. The average molecular weight is 564 g/mol. The number of rotatable bonds is 6. The standard InChI is InChI=1S/C28H24BrClN4O2/c1-32-24-10-6-5-9-22(24)27(35)33(25(28(32)36)15-19-7-3-2-4-8-19)18-26-23(29)16-31-34(26)17-20-11-13-21(30)14-12-20/h2-14,16,25H,15,17-18H2,1H3. The number of likely N-dealkylation sites (N-methyl/N-ethyl adjacent to an activating group) is 1. The Kier molecular flexibility index (Phi) is 6.94. The summed E-state index contributed by atoms with van der Waals surface area (Å²) in [6, 6.07) is 24.0. The Balaban J connectivity index is 1.55. The van der Waals surface area contributed by atoms with Crippen LogP contribution in [0.1, 0.15) is 27.2 Å². The molecule has 0 saturated carbocycles. The average Bonchev–Trinajstić information content (AvgIpc) is 3.22. The van der Waals surface area contributed by atoms with Crippen LogP contribution < -0.4 is 4.90 Å². The molecule has 2 heterocycles. The van der Waals surface area contributed by atoms with Gasteiger partial charge in [0.05, 0.1) is 40.7 Å². The van der Waals surface area contributed by atoms with E-state index in [-0.39, 0.29) is 18.4 Å². The van der Waals surface area contributed by atoms with Gasteiger partial charge in [-0.25, -0.2) is 0 Å². The van der Waals surface area contributed by atoms with Crippen LogP contribution in [0, 0.1) is 0 Å². The maximum absolute atomic E-state index is 14.0. The zero-order valence-electron chi connectivity index (χ0n) is 19.6. The third-order valence-corrected chi connectivity index (χ3v) is 7.40. The van der Waals surface area contributed by atoms with E-state index in [0.29, 0.717) is 29.2 Å². The number of nitrogens with zero attached hydrogens (tertiary/aromatic N) is 4. The maximum Gasteiger partial charge on any atom is 0.257 e. The third kappa shape index (κ3) is 4.81. The molecule has 1 aliphatic heterocycles. The fraction of sp³-hybridized carbons (Fsp3) is 0.179. The second-order valence-electron chi connectivity index (χ2n) is 8.78. The van der Waals surface area contributed by atoms with Crippen LogP contribution in [0.5, 0.6) is 0 Å². The largest absolute Gasteiger partial charge is 0.320 e. The van der Waals surface area contributed by atoms with E-state index < -0.39 is 6.04 Å². The van der Waals surface area contributed by atoms with Crippen LogP contribution in [0.2, 0.25) is 5.02 Å². The number of carbonyl (C=O) groups is 2. The van der Waals surface area contributed by atoms with E-state index in [0.717, 1.165) is 21.3 Å². The molecule has 1 aliphatic rings. The van der Waals surface area contributed by atoms with Crippen LogP contribution in [-0.4, -0.2) is 39.6 Å². The molecule has 1 atom stereocenters. The van der Waals surface area contributed by atoms with E-state index >= 15 is 0 Å². The lowest BCUT2D eigenvalue weighted by molar-refractivity contribution is -0.122.